The van der Waals surface area contributed by atoms with Crippen molar-refractivity contribution >= 4 is 26.9 Å². The molecule has 124 valence electrons. The number of benzene rings is 1. The van der Waals surface area contributed by atoms with Crippen molar-refractivity contribution in [2.24, 2.45) is 0 Å². The lowest BCUT2D eigenvalue weighted by molar-refractivity contribution is -0.139. The minimum Gasteiger partial charge on any atom is -0.480 e. The van der Waals surface area contributed by atoms with Gasteiger partial charge in [-0.2, -0.15) is 4.72 Å². The zero-order valence-electron chi connectivity index (χ0n) is 12.6. The van der Waals surface area contributed by atoms with Crippen molar-refractivity contribution < 1.29 is 18.3 Å². The molecule has 0 radical (unpaired) electrons. The molecule has 2 aromatic rings. The number of unbranched alkanes of at least 4 members (excludes halogenated alkanes) is 1. The first-order valence-corrected chi connectivity index (χ1v) is 8.70. The van der Waals surface area contributed by atoms with Crippen molar-refractivity contribution in [1.82, 2.24) is 9.71 Å². The normalized spacial score (nSPS) is 13.1. The van der Waals surface area contributed by atoms with Gasteiger partial charge in [0.2, 0.25) is 15.6 Å². The van der Waals surface area contributed by atoms with E-state index in [1.807, 2.05) is 6.92 Å². The molecule has 0 aliphatic heterocycles. The number of aliphatic carboxylic acids is 1. The number of carboxylic acid groups (broad SMARTS) is 1. The third kappa shape index (κ3) is 4.17. The predicted octanol–water partition coefficient (Wildman–Crippen LogP) is 1.45. The third-order valence-electron chi connectivity index (χ3n) is 3.45. The second-order valence-electron chi connectivity index (χ2n) is 5.23. The van der Waals surface area contributed by atoms with Gasteiger partial charge in [0, 0.05) is 11.6 Å². The number of pyridine rings is 1. The predicted molar refractivity (Wildman–Crippen MR) is 85.8 cm³/mol. The Labute approximate surface area is 133 Å². The Bertz CT molecular complexity index is 873. The molecule has 0 aliphatic rings. The highest BCUT2D eigenvalue weighted by Crippen LogP contribution is 2.17. The van der Waals surface area contributed by atoms with Crippen LogP contribution in [0.4, 0.5) is 0 Å². The first-order valence-electron chi connectivity index (χ1n) is 7.21. The Hall–Kier alpha value is -2.19. The monoisotopic (exact) mass is 338 g/mol. The summed E-state index contributed by atoms with van der Waals surface area (Å²) in [5.41, 5.74) is 0.231. The van der Waals surface area contributed by atoms with E-state index in [1.165, 1.54) is 30.3 Å². The lowest BCUT2D eigenvalue weighted by Crippen LogP contribution is -2.40. The van der Waals surface area contributed by atoms with Crippen molar-refractivity contribution in [2.75, 3.05) is 0 Å². The number of fused-ring (bicyclic) bond motifs is 1. The zero-order chi connectivity index (χ0) is 17.0. The lowest BCUT2D eigenvalue weighted by atomic mass is 10.1. The molecule has 1 aromatic heterocycles. The molecule has 0 saturated carbocycles. The fourth-order valence-electron chi connectivity index (χ4n) is 2.20. The second-order valence-corrected chi connectivity index (χ2v) is 6.94. The van der Waals surface area contributed by atoms with Crippen molar-refractivity contribution in [3.8, 4) is 0 Å². The lowest BCUT2D eigenvalue weighted by Gasteiger charge is -2.14. The van der Waals surface area contributed by atoms with Crippen LogP contribution in [0.25, 0.3) is 10.9 Å². The molecule has 1 atom stereocenters. The first-order chi connectivity index (χ1) is 10.8. The van der Waals surface area contributed by atoms with Gasteiger partial charge in [0.15, 0.2) is 0 Å². The van der Waals surface area contributed by atoms with Crippen molar-refractivity contribution in [3.05, 3.63) is 40.7 Å². The zero-order valence-corrected chi connectivity index (χ0v) is 13.4. The largest absolute Gasteiger partial charge is 0.480 e. The van der Waals surface area contributed by atoms with E-state index >= 15 is 0 Å². The summed E-state index contributed by atoms with van der Waals surface area (Å²) in [5.74, 6) is -1.20. The van der Waals surface area contributed by atoms with Gasteiger partial charge in [0.1, 0.15) is 6.04 Å². The van der Waals surface area contributed by atoms with E-state index in [0.717, 1.165) is 6.42 Å². The molecule has 0 amide bonds. The molecule has 0 spiro atoms. The smallest absolute Gasteiger partial charge is 0.321 e. The molecule has 3 N–H and O–H groups in total. The quantitative estimate of drug-likeness (QED) is 0.706. The average Bonchev–Trinajstić information content (AvgIpc) is 2.50. The Kier molecular flexibility index (Phi) is 5.17. The van der Waals surface area contributed by atoms with Gasteiger partial charge in [0.05, 0.1) is 4.90 Å². The van der Waals surface area contributed by atoms with Crippen LogP contribution in [0.3, 0.4) is 0 Å². The van der Waals surface area contributed by atoms with E-state index in [1.54, 1.807) is 0 Å². The van der Waals surface area contributed by atoms with Crippen LogP contribution in [0, 0.1) is 0 Å². The van der Waals surface area contributed by atoms with E-state index in [-0.39, 0.29) is 16.9 Å². The molecule has 0 saturated heterocycles. The van der Waals surface area contributed by atoms with Gasteiger partial charge >= 0.3 is 5.97 Å². The van der Waals surface area contributed by atoms with Gasteiger partial charge in [-0.3, -0.25) is 9.59 Å². The van der Waals surface area contributed by atoms with Crippen LogP contribution in [0.15, 0.2) is 40.0 Å². The van der Waals surface area contributed by atoms with E-state index in [4.69, 9.17) is 5.11 Å². The number of hydrogen-bond acceptors (Lipinski definition) is 4. The number of sulfonamides is 1. The summed E-state index contributed by atoms with van der Waals surface area (Å²) in [7, 11) is -3.96. The molecule has 2 rings (SSSR count). The van der Waals surface area contributed by atoms with E-state index in [0.29, 0.717) is 17.3 Å². The van der Waals surface area contributed by atoms with Crippen LogP contribution >= 0.6 is 0 Å². The summed E-state index contributed by atoms with van der Waals surface area (Å²) in [5, 5.41) is 9.69. The molecular weight excluding hydrogens is 320 g/mol. The number of aromatic nitrogens is 1. The van der Waals surface area contributed by atoms with Gasteiger partial charge in [-0.1, -0.05) is 19.8 Å². The highest BCUT2D eigenvalue weighted by molar-refractivity contribution is 7.89. The first kappa shape index (κ1) is 17.2. The maximum absolute atomic E-state index is 12.4. The Morgan fingerprint density at radius 1 is 1.30 bits per heavy atom. The van der Waals surface area contributed by atoms with Gasteiger partial charge in [-0.05, 0) is 36.1 Å². The van der Waals surface area contributed by atoms with Crippen molar-refractivity contribution in [2.45, 2.75) is 37.1 Å². The van der Waals surface area contributed by atoms with Crippen LogP contribution in [0.1, 0.15) is 26.2 Å². The molecule has 0 fully saturated rings. The van der Waals surface area contributed by atoms with Crippen LogP contribution in [0.2, 0.25) is 0 Å². The molecule has 0 aliphatic carbocycles. The number of nitrogens with one attached hydrogen (secondary N) is 2. The number of aromatic amines is 1. The van der Waals surface area contributed by atoms with Crippen LogP contribution < -0.4 is 10.3 Å². The molecule has 23 heavy (non-hydrogen) atoms. The van der Waals surface area contributed by atoms with E-state index in [9.17, 15) is 18.0 Å². The van der Waals surface area contributed by atoms with Crippen molar-refractivity contribution in [3.63, 3.8) is 0 Å². The molecule has 1 unspecified atom stereocenters. The fraction of sp³-hybridized carbons (Fsp3) is 0.333. The standard InChI is InChI=1S/C15H18N2O5S/c1-2-3-4-13(15(19)20)17-23(21,22)11-6-7-12-10(9-11)5-8-14(18)16-12/h5-9,13,17H,2-4H2,1H3,(H,16,18)(H,19,20). The van der Waals surface area contributed by atoms with E-state index in [2.05, 4.69) is 9.71 Å². The number of rotatable bonds is 7. The van der Waals surface area contributed by atoms with Gasteiger partial charge in [0.25, 0.3) is 0 Å². The summed E-state index contributed by atoms with van der Waals surface area (Å²) in [6.07, 6.45) is 1.61. The van der Waals surface area contributed by atoms with Gasteiger partial charge in [-0.25, -0.2) is 8.42 Å². The number of carbonyl (C=O) groups is 1. The Morgan fingerprint density at radius 2 is 2.04 bits per heavy atom. The highest BCUT2D eigenvalue weighted by Gasteiger charge is 2.25. The van der Waals surface area contributed by atoms with Gasteiger partial charge < -0.3 is 10.1 Å². The fourth-order valence-corrected chi connectivity index (χ4v) is 3.45. The minimum absolute atomic E-state index is 0.0419. The summed E-state index contributed by atoms with van der Waals surface area (Å²) < 4.78 is 27.0. The molecule has 0 bridgehead atoms. The Morgan fingerprint density at radius 3 is 2.70 bits per heavy atom. The molecule has 1 heterocycles. The summed E-state index contributed by atoms with van der Waals surface area (Å²) in [6.45, 7) is 1.90. The summed E-state index contributed by atoms with van der Waals surface area (Å²) in [6, 6.07) is 5.86. The number of H-pyrrole nitrogens is 1. The molecular formula is C15H18N2O5S. The summed E-state index contributed by atoms with van der Waals surface area (Å²) >= 11 is 0. The van der Waals surface area contributed by atoms with Crippen LogP contribution in [0.5, 0.6) is 0 Å². The Balaban J connectivity index is 2.32. The maximum atomic E-state index is 12.4. The minimum atomic E-state index is -3.96. The topological polar surface area (TPSA) is 116 Å². The van der Waals surface area contributed by atoms with Crippen molar-refractivity contribution in [1.29, 1.82) is 0 Å². The highest BCUT2D eigenvalue weighted by atomic mass is 32.2. The molecule has 7 nitrogen and oxygen atoms in total. The summed E-state index contributed by atoms with van der Waals surface area (Å²) in [4.78, 5) is 25.0. The number of hydrogen-bond donors (Lipinski definition) is 3. The third-order valence-corrected chi connectivity index (χ3v) is 4.92. The second kappa shape index (κ2) is 6.93. The number of carboxylic acids is 1. The molecule has 1 aromatic carbocycles. The SMILES string of the molecule is CCCCC(NS(=O)(=O)c1ccc2[nH]c(=O)ccc2c1)C(=O)O. The van der Waals surface area contributed by atoms with Crippen LogP contribution in [-0.2, 0) is 14.8 Å². The maximum Gasteiger partial charge on any atom is 0.321 e. The van der Waals surface area contributed by atoms with E-state index < -0.39 is 22.0 Å². The average molecular weight is 338 g/mol. The van der Waals surface area contributed by atoms with Crippen LogP contribution in [-0.4, -0.2) is 30.5 Å². The van der Waals surface area contributed by atoms with Gasteiger partial charge in [-0.15, -0.1) is 0 Å². The molecule has 8 heteroatoms.